The number of methoxy groups -OCH3 is 1. The Morgan fingerprint density at radius 3 is 2.68 bits per heavy atom. The van der Waals surface area contributed by atoms with E-state index in [4.69, 9.17) is 14.2 Å². The van der Waals surface area contributed by atoms with Crippen molar-refractivity contribution in [2.24, 2.45) is 5.92 Å². The Kier molecular flexibility index (Phi) is 7.12. The first-order valence-corrected chi connectivity index (χ1v) is 10.2. The summed E-state index contributed by atoms with van der Waals surface area (Å²) in [5.41, 5.74) is 1.74. The predicted molar refractivity (Wildman–Crippen MR) is 114 cm³/mol. The van der Waals surface area contributed by atoms with Crippen molar-refractivity contribution in [3.05, 3.63) is 45.7 Å². The van der Waals surface area contributed by atoms with E-state index in [0.717, 1.165) is 11.1 Å². The van der Waals surface area contributed by atoms with Crippen molar-refractivity contribution in [2.75, 3.05) is 26.9 Å². The van der Waals surface area contributed by atoms with Gasteiger partial charge < -0.3 is 28.7 Å². The maximum atomic E-state index is 12.4. The highest BCUT2D eigenvalue weighted by atomic mass is 16.5. The molecule has 8 heteroatoms. The van der Waals surface area contributed by atoms with Gasteiger partial charge >= 0.3 is 5.97 Å². The van der Waals surface area contributed by atoms with E-state index in [1.807, 2.05) is 16.7 Å². The number of ether oxygens (including phenoxy) is 3. The van der Waals surface area contributed by atoms with E-state index < -0.39 is 11.4 Å². The molecule has 1 aliphatic rings. The molecule has 0 spiro atoms. The molecule has 0 fully saturated rings. The summed E-state index contributed by atoms with van der Waals surface area (Å²) in [4.78, 5) is 34.2. The van der Waals surface area contributed by atoms with Crippen LogP contribution in [-0.4, -0.2) is 48.9 Å². The first-order chi connectivity index (χ1) is 14.9. The van der Waals surface area contributed by atoms with Gasteiger partial charge in [-0.3, -0.25) is 4.79 Å². The Labute approximate surface area is 180 Å². The molecule has 1 N–H and O–H groups in total. The van der Waals surface area contributed by atoms with Crippen molar-refractivity contribution in [2.45, 2.75) is 32.7 Å². The topological polar surface area (TPSA) is 104 Å². The molecule has 1 aromatic heterocycles. The van der Waals surface area contributed by atoms with E-state index in [1.165, 1.54) is 12.3 Å². The number of benzene rings is 1. The smallest absolute Gasteiger partial charge is 0.341 e. The number of rotatable bonds is 10. The lowest BCUT2D eigenvalue weighted by molar-refractivity contribution is -0.111. The van der Waals surface area contributed by atoms with Crippen LogP contribution < -0.4 is 14.9 Å². The molecule has 1 aliphatic heterocycles. The van der Waals surface area contributed by atoms with Gasteiger partial charge in [-0.15, -0.1) is 0 Å². The van der Waals surface area contributed by atoms with Crippen molar-refractivity contribution >= 4 is 12.3 Å². The summed E-state index contributed by atoms with van der Waals surface area (Å²) < 4.78 is 18.4. The lowest BCUT2D eigenvalue weighted by Crippen LogP contribution is -2.28. The van der Waals surface area contributed by atoms with E-state index in [2.05, 4.69) is 13.8 Å². The summed E-state index contributed by atoms with van der Waals surface area (Å²) in [6.45, 7) is 5.03. The number of aromatic carboxylic acids is 1. The van der Waals surface area contributed by atoms with Crippen molar-refractivity contribution in [1.29, 1.82) is 0 Å². The third-order valence-corrected chi connectivity index (χ3v) is 5.41. The number of aromatic nitrogens is 1. The lowest BCUT2D eigenvalue weighted by atomic mass is 9.87. The average Bonchev–Trinajstić information content (AvgIpc) is 2.74. The number of carboxylic acid groups (broad SMARTS) is 1. The molecule has 1 unspecified atom stereocenters. The van der Waals surface area contributed by atoms with Gasteiger partial charge in [-0.25, -0.2) is 4.79 Å². The van der Waals surface area contributed by atoms with Gasteiger partial charge in [0.05, 0.1) is 26.0 Å². The molecule has 0 bridgehead atoms. The SMILES string of the molecule is COc1cc2c(cc1OCCCOCC=O)CC(C(C)C)n1cc(C(=O)O)c(=O)cc1-2. The monoisotopic (exact) mass is 429 g/mol. The van der Waals surface area contributed by atoms with Gasteiger partial charge in [-0.1, -0.05) is 13.8 Å². The molecule has 0 amide bonds. The van der Waals surface area contributed by atoms with E-state index in [-0.39, 0.29) is 24.1 Å². The molecule has 0 saturated carbocycles. The maximum Gasteiger partial charge on any atom is 0.341 e. The molecule has 166 valence electrons. The van der Waals surface area contributed by atoms with Crippen molar-refractivity contribution < 1.29 is 28.9 Å². The van der Waals surface area contributed by atoms with Crippen LogP contribution in [-0.2, 0) is 16.0 Å². The van der Waals surface area contributed by atoms with Gasteiger partial charge in [0, 0.05) is 30.3 Å². The second kappa shape index (κ2) is 9.78. The molecule has 0 radical (unpaired) electrons. The normalized spacial score (nSPS) is 14.6. The number of carbonyl (C=O) groups is 2. The third-order valence-electron chi connectivity index (χ3n) is 5.41. The van der Waals surface area contributed by atoms with Crippen LogP contribution in [0.1, 0.15) is 42.2 Å². The van der Waals surface area contributed by atoms with Crippen molar-refractivity contribution in [3.63, 3.8) is 0 Å². The van der Waals surface area contributed by atoms with Crippen molar-refractivity contribution in [3.8, 4) is 22.8 Å². The molecule has 31 heavy (non-hydrogen) atoms. The highest BCUT2D eigenvalue weighted by molar-refractivity contribution is 5.88. The zero-order valence-electron chi connectivity index (χ0n) is 17.9. The Bertz CT molecular complexity index is 1030. The van der Waals surface area contributed by atoms with Crippen LogP contribution in [0.25, 0.3) is 11.3 Å². The number of carboxylic acids is 1. The zero-order chi connectivity index (χ0) is 22.5. The highest BCUT2D eigenvalue weighted by Crippen LogP contribution is 2.42. The summed E-state index contributed by atoms with van der Waals surface area (Å²) in [5.74, 6) is 0.110. The van der Waals surface area contributed by atoms with Crippen LogP contribution in [0, 0.1) is 5.92 Å². The van der Waals surface area contributed by atoms with Gasteiger partial charge in [0.25, 0.3) is 0 Å². The molecule has 2 heterocycles. The Morgan fingerprint density at radius 1 is 1.26 bits per heavy atom. The summed E-state index contributed by atoms with van der Waals surface area (Å²) in [6.07, 6.45) is 3.45. The fourth-order valence-corrected chi connectivity index (χ4v) is 3.84. The Morgan fingerprint density at radius 2 is 2.03 bits per heavy atom. The molecule has 1 aromatic carbocycles. The number of pyridine rings is 1. The molecule has 8 nitrogen and oxygen atoms in total. The quantitative estimate of drug-likeness (QED) is 0.457. The number of hydrogen-bond acceptors (Lipinski definition) is 6. The van der Waals surface area contributed by atoms with Gasteiger partial charge in [0.2, 0.25) is 0 Å². The minimum atomic E-state index is -1.23. The van der Waals surface area contributed by atoms with E-state index >= 15 is 0 Å². The van der Waals surface area contributed by atoms with Crippen LogP contribution in [0.4, 0.5) is 0 Å². The van der Waals surface area contributed by atoms with Crippen LogP contribution in [0.2, 0.25) is 0 Å². The summed E-state index contributed by atoms with van der Waals surface area (Å²) in [7, 11) is 1.54. The first kappa shape index (κ1) is 22.6. The minimum absolute atomic E-state index is 0.000754. The van der Waals surface area contributed by atoms with Crippen molar-refractivity contribution in [1.82, 2.24) is 4.57 Å². The van der Waals surface area contributed by atoms with E-state index in [9.17, 15) is 19.5 Å². The average molecular weight is 429 g/mol. The fourth-order valence-electron chi connectivity index (χ4n) is 3.84. The molecule has 2 aromatic rings. The second-order valence-corrected chi connectivity index (χ2v) is 7.77. The zero-order valence-corrected chi connectivity index (χ0v) is 17.9. The summed E-state index contributed by atoms with van der Waals surface area (Å²) in [6, 6.07) is 5.14. The molecule has 0 saturated heterocycles. The second-order valence-electron chi connectivity index (χ2n) is 7.77. The van der Waals surface area contributed by atoms with Crippen LogP contribution in [0.15, 0.2) is 29.2 Å². The Hall–Kier alpha value is -3.13. The lowest BCUT2D eigenvalue weighted by Gasteiger charge is -2.33. The number of fused-ring (bicyclic) bond motifs is 3. The molecule has 0 aliphatic carbocycles. The summed E-state index contributed by atoms with van der Waals surface area (Å²) >= 11 is 0. The van der Waals surface area contributed by atoms with Crippen LogP contribution in [0.3, 0.4) is 0 Å². The Balaban J connectivity index is 1.97. The van der Waals surface area contributed by atoms with Gasteiger partial charge in [-0.05, 0) is 30.0 Å². The maximum absolute atomic E-state index is 12.4. The predicted octanol–water partition coefficient (Wildman–Crippen LogP) is 2.96. The van der Waals surface area contributed by atoms with Crippen LogP contribution >= 0.6 is 0 Å². The van der Waals surface area contributed by atoms with E-state index in [0.29, 0.717) is 49.5 Å². The largest absolute Gasteiger partial charge is 0.493 e. The molecular weight excluding hydrogens is 402 g/mol. The standard InChI is InChI=1S/C23H27NO7/c1-14(2)18-9-15-10-22(31-7-4-6-30-8-5-25)21(29-3)11-16(15)19-12-20(26)17(23(27)28)13-24(18)19/h5,10-14,18H,4,6-9H2,1-3H3,(H,27,28). The summed E-state index contributed by atoms with van der Waals surface area (Å²) in [5, 5.41) is 9.38. The van der Waals surface area contributed by atoms with Crippen LogP contribution in [0.5, 0.6) is 11.5 Å². The van der Waals surface area contributed by atoms with E-state index in [1.54, 1.807) is 7.11 Å². The molecule has 1 atom stereocenters. The van der Waals surface area contributed by atoms with Gasteiger partial charge in [0.15, 0.2) is 16.9 Å². The number of carbonyl (C=O) groups excluding carboxylic acids is 1. The highest BCUT2D eigenvalue weighted by Gasteiger charge is 2.29. The van der Waals surface area contributed by atoms with Gasteiger partial charge in [0.1, 0.15) is 18.5 Å². The van der Waals surface area contributed by atoms with Gasteiger partial charge in [-0.2, -0.15) is 0 Å². The number of nitrogens with zero attached hydrogens (tertiary/aromatic N) is 1. The number of hydrogen-bond donors (Lipinski definition) is 1. The molecular formula is C23H27NO7. The molecule has 3 rings (SSSR count). The minimum Gasteiger partial charge on any atom is -0.493 e. The number of aldehydes is 1. The third kappa shape index (κ3) is 4.80. The first-order valence-electron chi connectivity index (χ1n) is 10.2. The fraction of sp³-hybridized carbons (Fsp3) is 0.435.